The molecule has 1 aliphatic heterocycles. The van der Waals surface area contributed by atoms with Gasteiger partial charge in [-0.1, -0.05) is 54.1 Å². The number of hydrogen-bond donors (Lipinski definition) is 1. The Morgan fingerprint density at radius 3 is 2.19 bits per heavy atom. The molecule has 0 aromatic heterocycles. The van der Waals surface area contributed by atoms with E-state index in [0.717, 1.165) is 4.90 Å². The van der Waals surface area contributed by atoms with E-state index in [2.05, 4.69) is 0 Å². The number of halogens is 1. The molecule has 1 aliphatic rings. The minimum Gasteiger partial charge on any atom is -0.507 e. The van der Waals surface area contributed by atoms with Crippen LogP contribution in [0, 0.1) is 10.1 Å². The van der Waals surface area contributed by atoms with E-state index in [9.17, 15) is 24.8 Å². The smallest absolute Gasteiger partial charge is 0.300 e. The molecule has 1 fully saturated rings. The van der Waals surface area contributed by atoms with E-state index in [1.165, 1.54) is 30.3 Å². The van der Waals surface area contributed by atoms with Crippen molar-refractivity contribution in [2.24, 2.45) is 0 Å². The summed E-state index contributed by atoms with van der Waals surface area (Å²) in [5.74, 6) is -2.24. The zero-order valence-corrected chi connectivity index (χ0v) is 16.7. The molecular formula is C23H15ClN2O5. The lowest BCUT2D eigenvalue weighted by atomic mass is 9.94. The van der Waals surface area contributed by atoms with Crippen LogP contribution in [0.25, 0.3) is 5.76 Å². The van der Waals surface area contributed by atoms with Crippen molar-refractivity contribution >= 4 is 40.4 Å². The van der Waals surface area contributed by atoms with Crippen molar-refractivity contribution in [3.05, 3.63) is 111 Å². The molecule has 1 atom stereocenters. The minimum atomic E-state index is -1.19. The first-order valence-electron chi connectivity index (χ1n) is 9.25. The highest BCUT2D eigenvalue weighted by Gasteiger charge is 2.48. The van der Waals surface area contributed by atoms with Gasteiger partial charge in [0.1, 0.15) is 11.8 Å². The van der Waals surface area contributed by atoms with Gasteiger partial charge in [0.15, 0.2) is 0 Å². The van der Waals surface area contributed by atoms with Crippen molar-refractivity contribution in [1.82, 2.24) is 0 Å². The average Bonchev–Trinajstić information content (AvgIpc) is 3.05. The number of ketones is 1. The van der Waals surface area contributed by atoms with Gasteiger partial charge in [-0.25, -0.2) is 0 Å². The summed E-state index contributed by atoms with van der Waals surface area (Å²) in [5.41, 5.74) is 0.258. The van der Waals surface area contributed by atoms with Gasteiger partial charge >= 0.3 is 0 Å². The summed E-state index contributed by atoms with van der Waals surface area (Å²) in [5, 5.41) is 23.1. The zero-order chi connectivity index (χ0) is 22.1. The fourth-order valence-corrected chi connectivity index (χ4v) is 3.76. The van der Waals surface area contributed by atoms with Crippen LogP contribution in [0.1, 0.15) is 17.2 Å². The van der Waals surface area contributed by atoms with Crippen LogP contribution in [0.15, 0.2) is 84.4 Å². The van der Waals surface area contributed by atoms with E-state index in [1.807, 2.05) is 0 Å². The first-order chi connectivity index (χ1) is 14.9. The fraction of sp³-hybridized carbons (Fsp3) is 0.0435. The van der Waals surface area contributed by atoms with Gasteiger partial charge in [-0.3, -0.25) is 24.6 Å². The molecule has 4 rings (SSSR count). The van der Waals surface area contributed by atoms with Gasteiger partial charge in [0, 0.05) is 22.3 Å². The lowest BCUT2D eigenvalue weighted by Gasteiger charge is -2.25. The molecule has 0 saturated carbocycles. The molecule has 31 heavy (non-hydrogen) atoms. The van der Waals surface area contributed by atoms with Crippen molar-refractivity contribution in [2.45, 2.75) is 6.04 Å². The molecule has 1 heterocycles. The summed E-state index contributed by atoms with van der Waals surface area (Å²) in [7, 11) is 0. The SMILES string of the molecule is O=C1C(=O)N(c2ccc(Cl)cc2)[C@@H](c2ccccc2[N+](=O)[O-])/C1=C(\O)c1ccccc1. The van der Waals surface area contributed by atoms with Crippen LogP contribution in [-0.4, -0.2) is 21.7 Å². The van der Waals surface area contributed by atoms with Crippen molar-refractivity contribution < 1.29 is 19.6 Å². The van der Waals surface area contributed by atoms with Gasteiger partial charge in [-0.15, -0.1) is 0 Å². The van der Waals surface area contributed by atoms with Gasteiger partial charge in [-0.2, -0.15) is 0 Å². The van der Waals surface area contributed by atoms with E-state index in [-0.39, 0.29) is 16.8 Å². The lowest BCUT2D eigenvalue weighted by Crippen LogP contribution is -2.29. The maximum atomic E-state index is 13.0. The normalized spacial score (nSPS) is 17.7. The van der Waals surface area contributed by atoms with E-state index in [1.54, 1.807) is 48.5 Å². The first kappa shape index (κ1) is 20.3. The number of nitro benzene ring substituents is 1. The quantitative estimate of drug-likeness (QED) is 0.207. The maximum Gasteiger partial charge on any atom is 0.300 e. The average molecular weight is 435 g/mol. The number of aliphatic hydroxyl groups excluding tert-OH is 1. The Bertz CT molecular complexity index is 1220. The Hall–Kier alpha value is -3.97. The Kier molecular flexibility index (Phi) is 5.27. The Morgan fingerprint density at radius 2 is 1.55 bits per heavy atom. The van der Waals surface area contributed by atoms with E-state index in [0.29, 0.717) is 16.3 Å². The molecule has 0 spiro atoms. The molecule has 0 aliphatic carbocycles. The largest absolute Gasteiger partial charge is 0.507 e. The number of carbonyl (C=O) groups is 2. The predicted octanol–water partition coefficient (Wildman–Crippen LogP) is 4.87. The topological polar surface area (TPSA) is 101 Å². The van der Waals surface area contributed by atoms with Crippen molar-refractivity contribution in [3.63, 3.8) is 0 Å². The molecule has 1 amide bonds. The maximum absolute atomic E-state index is 13.0. The molecule has 3 aromatic carbocycles. The van der Waals surface area contributed by atoms with Gasteiger partial charge in [0.05, 0.1) is 16.1 Å². The first-order valence-corrected chi connectivity index (χ1v) is 9.63. The molecule has 7 nitrogen and oxygen atoms in total. The number of nitro groups is 1. The van der Waals surface area contributed by atoms with Gasteiger partial charge < -0.3 is 5.11 Å². The molecule has 0 radical (unpaired) electrons. The van der Waals surface area contributed by atoms with E-state index >= 15 is 0 Å². The number of aliphatic hydroxyl groups is 1. The Balaban J connectivity index is 2.01. The summed E-state index contributed by atoms with van der Waals surface area (Å²) >= 11 is 5.95. The number of para-hydroxylation sites is 1. The summed E-state index contributed by atoms with van der Waals surface area (Å²) in [4.78, 5) is 38.3. The third-order valence-electron chi connectivity index (χ3n) is 5.02. The highest BCUT2D eigenvalue weighted by Crippen LogP contribution is 2.44. The van der Waals surface area contributed by atoms with Crippen LogP contribution < -0.4 is 4.90 Å². The zero-order valence-electron chi connectivity index (χ0n) is 15.9. The Labute approximate surface area is 182 Å². The lowest BCUT2D eigenvalue weighted by molar-refractivity contribution is -0.385. The fourth-order valence-electron chi connectivity index (χ4n) is 3.63. The van der Waals surface area contributed by atoms with Crippen LogP contribution in [-0.2, 0) is 9.59 Å². The molecule has 8 heteroatoms. The van der Waals surface area contributed by atoms with Crippen LogP contribution in [0.4, 0.5) is 11.4 Å². The van der Waals surface area contributed by atoms with Crippen LogP contribution in [0.2, 0.25) is 5.02 Å². The second kappa shape index (κ2) is 8.04. The van der Waals surface area contributed by atoms with E-state index in [4.69, 9.17) is 11.6 Å². The number of benzene rings is 3. The predicted molar refractivity (Wildman–Crippen MR) is 116 cm³/mol. The van der Waals surface area contributed by atoms with Gasteiger partial charge in [0.25, 0.3) is 17.4 Å². The summed E-state index contributed by atoms with van der Waals surface area (Å²) in [6.45, 7) is 0. The van der Waals surface area contributed by atoms with Crippen LogP contribution >= 0.6 is 11.6 Å². The third kappa shape index (κ3) is 3.55. The van der Waals surface area contributed by atoms with Crippen molar-refractivity contribution in [3.8, 4) is 0 Å². The molecular weight excluding hydrogens is 420 g/mol. The molecule has 154 valence electrons. The Morgan fingerprint density at radius 1 is 0.935 bits per heavy atom. The van der Waals surface area contributed by atoms with Crippen LogP contribution in [0.3, 0.4) is 0 Å². The molecule has 1 N–H and O–H groups in total. The molecule has 1 saturated heterocycles. The summed E-state index contributed by atoms with van der Waals surface area (Å²) in [6, 6.07) is 19.1. The van der Waals surface area contributed by atoms with E-state index < -0.39 is 28.4 Å². The molecule has 0 bridgehead atoms. The second-order valence-corrected chi connectivity index (χ2v) is 7.26. The highest BCUT2D eigenvalue weighted by atomic mass is 35.5. The standard InChI is InChI=1S/C23H15ClN2O5/c24-15-10-12-16(13-11-15)25-20(17-8-4-5-9-18(17)26(30)31)19(22(28)23(25)29)21(27)14-6-2-1-3-7-14/h1-13,20,27H/b21-19+/t20-/m0/s1. The molecule has 0 unspecified atom stereocenters. The summed E-state index contributed by atoms with van der Waals surface area (Å²) < 4.78 is 0. The third-order valence-corrected chi connectivity index (χ3v) is 5.28. The minimum absolute atomic E-state index is 0.110. The second-order valence-electron chi connectivity index (χ2n) is 6.83. The number of nitrogens with zero attached hydrogens (tertiary/aromatic N) is 2. The van der Waals surface area contributed by atoms with Crippen LogP contribution in [0.5, 0.6) is 0 Å². The van der Waals surface area contributed by atoms with Gasteiger partial charge in [-0.05, 0) is 30.3 Å². The number of rotatable bonds is 4. The summed E-state index contributed by atoms with van der Waals surface area (Å²) in [6.07, 6.45) is 0. The monoisotopic (exact) mass is 434 g/mol. The van der Waals surface area contributed by atoms with Gasteiger partial charge in [0.2, 0.25) is 0 Å². The highest BCUT2D eigenvalue weighted by molar-refractivity contribution is 6.51. The number of anilines is 1. The number of Topliss-reactive ketones (excluding diaryl/α,β-unsaturated/α-hetero) is 1. The van der Waals surface area contributed by atoms with Crippen molar-refractivity contribution in [1.29, 1.82) is 0 Å². The molecule has 3 aromatic rings. The number of amides is 1. The number of hydrogen-bond acceptors (Lipinski definition) is 5. The number of carbonyl (C=O) groups excluding carboxylic acids is 2. The van der Waals surface area contributed by atoms with Crippen molar-refractivity contribution in [2.75, 3.05) is 4.90 Å².